The van der Waals surface area contributed by atoms with E-state index in [0.29, 0.717) is 13.2 Å². The molecule has 0 saturated heterocycles. The van der Waals surface area contributed by atoms with E-state index in [-0.39, 0.29) is 0 Å². The predicted molar refractivity (Wildman–Crippen MR) is 56.0 cm³/mol. The Morgan fingerprint density at radius 3 is 3.00 bits per heavy atom. The summed E-state index contributed by atoms with van der Waals surface area (Å²) in [5.74, 6) is 0. The molecule has 0 atom stereocenters. The molecule has 0 spiro atoms. The van der Waals surface area contributed by atoms with Gasteiger partial charge in [-0.2, -0.15) is 0 Å². The molecule has 3 nitrogen and oxygen atoms in total. The SMILES string of the molecule is c1cc2c(c(-c3cnccn3)c1)COC2. The maximum absolute atomic E-state index is 5.43. The van der Waals surface area contributed by atoms with Crippen molar-refractivity contribution in [3.05, 3.63) is 47.9 Å². The second kappa shape index (κ2) is 3.44. The Hall–Kier alpha value is -1.74. The van der Waals surface area contributed by atoms with Crippen molar-refractivity contribution in [3.8, 4) is 11.3 Å². The van der Waals surface area contributed by atoms with Gasteiger partial charge in [-0.25, -0.2) is 0 Å². The van der Waals surface area contributed by atoms with Crippen LogP contribution in [0.5, 0.6) is 0 Å². The molecule has 0 aliphatic carbocycles. The maximum atomic E-state index is 5.43. The lowest BCUT2D eigenvalue weighted by Gasteiger charge is -2.05. The maximum Gasteiger partial charge on any atom is 0.0888 e. The molecule has 0 radical (unpaired) electrons. The molecule has 0 fully saturated rings. The predicted octanol–water partition coefficient (Wildman–Crippen LogP) is 2.17. The van der Waals surface area contributed by atoms with Crippen LogP contribution < -0.4 is 0 Å². The lowest BCUT2D eigenvalue weighted by Crippen LogP contribution is -1.91. The third-order valence-electron chi connectivity index (χ3n) is 2.62. The van der Waals surface area contributed by atoms with E-state index >= 15 is 0 Å². The molecule has 0 bridgehead atoms. The Bertz CT molecular complexity index is 482. The quantitative estimate of drug-likeness (QED) is 0.704. The summed E-state index contributed by atoms with van der Waals surface area (Å²) in [5, 5.41) is 0. The summed E-state index contributed by atoms with van der Waals surface area (Å²) in [6, 6.07) is 6.21. The third kappa shape index (κ3) is 1.41. The molecular weight excluding hydrogens is 188 g/mol. The second-order valence-corrected chi connectivity index (χ2v) is 3.53. The van der Waals surface area contributed by atoms with Gasteiger partial charge in [0.1, 0.15) is 0 Å². The van der Waals surface area contributed by atoms with Gasteiger partial charge >= 0.3 is 0 Å². The van der Waals surface area contributed by atoms with Crippen LogP contribution in [0.3, 0.4) is 0 Å². The molecule has 0 amide bonds. The molecule has 0 saturated carbocycles. The largest absolute Gasteiger partial charge is 0.372 e. The molecule has 0 N–H and O–H groups in total. The Labute approximate surface area is 87.8 Å². The van der Waals surface area contributed by atoms with E-state index in [1.165, 1.54) is 11.1 Å². The monoisotopic (exact) mass is 198 g/mol. The third-order valence-corrected chi connectivity index (χ3v) is 2.62. The highest BCUT2D eigenvalue weighted by Crippen LogP contribution is 2.29. The number of rotatable bonds is 1. The van der Waals surface area contributed by atoms with Crippen LogP contribution in [0.2, 0.25) is 0 Å². The van der Waals surface area contributed by atoms with Crippen molar-refractivity contribution in [2.75, 3.05) is 0 Å². The van der Waals surface area contributed by atoms with E-state index in [4.69, 9.17) is 4.74 Å². The van der Waals surface area contributed by atoms with Crippen LogP contribution in [0, 0.1) is 0 Å². The first-order valence-electron chi connectivity index (χ1n) is 4.90. The standard InChI is InChI=1S/C12H10N2O/c1-2-9-7-15-8-11(9)10(3-1)12-6-13-4-5-14-12/h1-6H,7-8H2. The van der Waals surface area contributed by atoms with Gasteiger partial charge in [-0.1, -0.05) is 18.2 Å². The number of hydrogen-bond donors (Lipinski definition) is 0. The molecule has 1 aliphatic rings. The van der Waals surface area contributed by atoms with Crippen molar-refractivity contribution in [1.29, 1.82) is 0 Å². The van der Waals surface area contributed by atoms with Crippen molar-refractivity contribution >= 4 is 0 Å². The second-order valence-electron chi connectivity index (χ2n) is 3.53. The number of fused-ring (bicyclic) bond motifs is 1. The van der Waals surface area contributed by atoms with Crippen molar-refractivity contribution in [2.24, 2.45) is 0 Å². The minimum Gasteiger partial charge on any atom is -0.372 e. The highest BCUT2D eigenvalue weighted by molar-refractivity contribution is 5.64. The zero-order valence-electron chi connectivity index (χ0n) is 8.18. The van der Waals surface area contributed by atoms with Crippen LogP contribution >= 0.6 is 0 Å². The normalized spacial score (nSPS) is 13.9. The van der Waals surface area contributed by atoms with Crippen LogP contribution in [-0.2, 0) is 18.0 Å². The molecule has 1 aliphatic heterocycles. The van der Waals surface area contributed by atoms with E-state index in [2.05, 4.69) is 22.1 Å². The average Bonchev–Trinajstić information content (AvgIpc) is 2.78. The molecule has 1 aromatic heterocycles. The number of nitrogens with zero attached hydrogens (tertiary/aromatic N) is 2. The van der Waals surface area contributed by atoms with Crippen LogP contribution in [0.4, 0.5) is 0 Å². The summed E-state index contributed by atoms with van der Waals surface area (Å²) in [5.41, 5.74) is 4.56. The van der Waals surface area contributed by atoms with E-state index < -0.39 is 0 Å². The smallest absolute Gasteiger partial charge is 0.0888 e. The van der Waals surface area contributed by atoms with Gasteiger partial charge in [0.25, 0.3) is 0 Å². The minimum atomic E-state index is 0.683. The highest BCUT2D eigenvalue weighted by atomic mass is 16.5. The van der Waals surface area contributed by atoms with Gasteiger partial charge in [0.2, 0.25) is 0 Å². The highest BCUT2D eigenvalue weighted by Gasteiger charge is 2.16. The van der Waals surface area contributed by atoms with Gasteiger partial charge in [0.15, 0.2) is 0 Å². The zero-order valence-corrected chi connectivity index (χ0v) is 8.18. The molecule has 1 aromatic carbocycles. The van der Waals surface area contributed by atoms with E-state index in [1.54, 1.807) is 18.6 Å². The van der Waals surface area contributed by atoms with E-state index in [1.807, 2.05) is 6.07 Å². The summed E-state index contributed by atoms with van der Waals surface area (Å²) in [7, 11) is 0. The molecule has 3 rings (SSSR count). The number of benzene rings is 1. The molecule has 3 heteroatoms. The topological polar surface area (TPSA) is 35.0 Å². The Balaban J connectivity index is 2.17. The summed E-state index contributed by atoms with van der Waals surface area (Å²) < 4.78 is 5.43. The van der Waals surface area contributed by atoms with Crippen molar-refractivity contribution in [2.45, 2.75) is 13.2 Å². The van der Waals surface area contributed by atoms with Crippen molar-refractivity contribution < 1.29 is 4.74 Å². The van der Waals surface area contributed by atoms with Crippen molar-refractivity contribution in [3.63, 3.8) is 0 Å². The molecule has 2 aromatic rings. The number of ether oxygens (including phenoxy) is 1. The fourth-order valence-corrected chi connectivity index (χ4v) is 1.88. The average molecular weight is 198 g/mol. The fraction of sp³-hybridized carbons (Fsp3) is 0.167. The fourth-order valence-electron chi connectivity index (χ4n) is 1.88. The minimum absolute atomic E-state index is 0.683. The molecule has 2 heterocycles. The summed E-state index contributed by atoms with van der Waals surface area (Å²) >= 11 is 0. The molecule has 15 heavy (non-hydrogen) atoms. The number of aromatic nitrogens is 2. The van der Waals surface area contributed by atoms with Crippen LogP contribution in [0.1, 0.15) is 11.1 Å². The molecular formula is C12H10N2O. The lowest BCUT2D eigenvalue weighted by molar-refractivity contribution is 0.134. The van der Waals surface area contributed by atoms with E-state index in [0.717, 1.165) is 11.3 Å². The van der Waals surface area contributed by atoms with E-state index in [9.17, 15) is 0 Å². The van der Waals surface area contributed by atoms with Crippen LogP contribution in [0.25, 0.3) is 11.3 Å². The van der Waals surface area contributed by atoms with Crippen molar-refractivity contribution in [1.82, 2.24) is 9.97 Å². The summed E-state index contributed by atoms with van der Waals surface area (Å²) in [6.07, 6.45) is 5.18. The van der Waals surface area contributed by atoms with Gasteiger partial charge in [-0.15, -0.1) is 0 Å². The van der Waals surface area contributed by atoms with Crippen LogP contribution in [0.15, 0.2) is 36.8 Å². The van der Waals surface area contributed by atoms with Crippen LogP contribution in [-0.4, -0.2) is 9.97 Å². The molecule has 0 unspecified atom stereocenters. The first kappa shape index (κ1) is 8.56. The van der Waals surface area contributed by atoms with Gasteiger partial charge in [0, 0.05) is 18.0 Å². The number of hydrogen-bond acceptors (Lipinski definition) is 3. The first-order valence-corrected chi connectivity index (χ1v) is 4.90. The Kier molecular flexibility index (Phi) is 1.96. The zero-order chi connectivity index (χ0) is 10.1. The summed E-state index contributed by atoms with van der Waals surface area (Å²) in [6.45, 7) is 1.39. The lowest BCUT2D eigenvalue weighted by atomic mass is 10.0. The Morgan fingerprint density at radius 1 is 1.13 bits per heavy atom. The molecule has 74 valence electrons. The van der Waals surface area contributed by atoms with Gasteiger partial charge in [-0.3, -0.25) is 9.97 Å². The van der Waals surface area contributed by atoms with Gasteiger partial charge in [0.05, 0.1) is 25.1 Å². The summed E-state index contributed by atoms with van der Waals surface area (Å²) in [4.78, 5) is 8.39. The first-order chi connectivity index (χ1) is 7.45. The Morgan fingerprint density at radius 2 is 2.13 bits per heavy atom. The van der Waals surface area contributed by atoms with Gasteiger partial charge < -0.3 is 4.74 Å². The van der Waals surface area contributed by atoms with Gasteiger partial charge in [-0.05, 0) is 11.1 Å².